The van der Waals surface area contributed by atoms with Gasteiger partial charge in [0.05, 0.1) is 23.7 Å². The van der Waals surface area contributed by atoms with Gasteiger partial charge in [-0.25, -0.2) is 0 Å². The number of ether oxygens (including phenoxy) is 1. The van der Waals surface area contributed by atoms with Crippen LogP contribution in [0.15, 0.2) is 54.6 Å². The molecule has 5 rings (SSSR count). The Morgan fingerprint density at radius 2 is 1.74 bits per heavy atom. The summed E-state index contributed by atoms with van der Waals surface area (Å²) in [6.07, 6.45) is 0.741. The zero-order valence-electron chi connectivity index (χ0n) is 23.7. The summed E-state index contributed by atoms with van der Waals surface area (Å²) in [7, 11) is 0. The number of aromatic nitrogens is 4. The standard InChI is InChI=1S/C31H30ClN5O4S/c1-5-20-15-23(29(39)22-12-7-9-13-24(22)32)31(42-20)37-19(4)34-35-26(37)16-33-30(40)28-18(3)21-11-8-10-14-25(21)36(28)17-27(38)41-6-2/h7-15H,5-6,16-17H2,1-4H3,(H,33,40). The number of benzene rings is 2. The van der Waals surface area contributed by atoms with Crippen LogP contribution in [0.2, 0.25) is 5.02 Å². The van der Waals surface area contributed by atoms with E-state index in [1.807, 2.05) is 44.2 Å². The van der Waals surface area contributed by atoms with Crippen LogP contribution in [0.1, 0.15) is 62.3 Å². The molecule has 11 heteroatoms. The number of nitrogens with one attached hydrogen (secondary N) is 1. The third-order valence-electron chi connectivity index (χ3n) is 7.01. The van der Waals surface area contributed by atoms with Gasteiger partial charge in [0.1, 0.15) is 23.1 Å². The van der Waals surface area contributed by atoms with Gasteiger partial charge in [-0.2, -0.15) is 0 Å². The fourth-order valence-electron chi connectivity index (χ4n) is 5.02. The first-order valence-corrected chi connectivity index (χ1v) is 14.8. The van der Waals surface area contributed by atoms with E-state index in [9.17, 15) is 14.4 Å². The van der Waals surface area contributed by atoms with Crippen molar-refractivity contribution < 1.29 is 19.1 Å². The van der Waals surface area contributed by atoms with E-state index in [2.05, 4.69) is 15.5 Å². The molecule has 9 nitrogen and oxygen atoms in total. The molecule has 0 atom stereocenters. The van der Waals surface area contributed by atoms with E-state index in [-0.39, 0.29) is 31.4 Å². The number of para-hydroxylation sites is 1. The van der Waals surface area contributed by atoms with Crippen molar-refractivity contribution in [3.8, 4) is 5.00 Å². The summed E-state index contributed by atoms with van der Waals surface area (Å²) >= 11 is 7.84. The second-order valence-corrected chi connectivity index (χ2v) is 11.2. The molecule has 5 aromatic rings. The zero-order valence-corrected chi connectivity index (χ0v) is 25.3. The maximum absolute atomic E-state index is 13.7. The van der Waals surface area contributed by atoms with E-state index in [1.165, 1.54) is 11.3 Å². The van der Waals surface area contributed by atoms with Gasteiger partial charge in [0, 0.05) is 21.3 Å². The van der Waals surface area contributed by atoms with Crippen LogP contribution in [-0.4, -0.2) is 43.6 Å². The number of amides is 1. The lowest BCUT2D eigenvalue weighted by atomic mass is 10.0. The number of hydrogen-bond donors (Lipinski definition) is 1. The monoisotopic (exact) mass is 603 g/mol. The largest absolute Gasteiger partial charge is 0.465 e. The minimum atomic E-state index is -0.428. The Kier molecular flexibility index (Phi) is 8.56. The van der Waals surface area contributed by atoms with E-state index in [0.717, 1.165) is 27.8 Å². The topological polar surface area (TPSA) is 108 Å². The molecule has 2 aromatic carbocycles. The van der Waals surface area contributed by atoms with Crippen molar-refractivity contribution in [3.63, 3.8) is 0 Å². The van der Waals surface area contributed by atoms with Gasteiger partial charge in [0.25, 0.3) is 5.91 Å². The normalized spacial score (nSPS) is 11.2. The minimum Gasteiger partial charge on any atom is -0.465 e. The van der Waals surface area contributed by atoms with Crippen molar-refractivity contribution >= 4 is 51.5 Å². The van der Waals surface area contributed by atoms with Crippen molar-refractivity contribution in [1.82, 2.24) is 24.6 Å². The summed E-state index contributed by atoms with van der Waals surface area (Å²) in [6.45, 7) is 7.62. The Balaban J connectivity index is 1.49. The SMILES string of the molecule is CCOC(=O)Cn1c(C(=O)NCc2nnc(C)n2-c2sc(CC)cc2C(=O)c2ccccc2Cl)c(C)c2ccccc21. The van der Waals surface area contributed by atoms with Crippen LogP contribution < -0.4 is 5.32 Å². The molecule has 0 fully saturated rings. The average Bonchev–Trinajstić information content (AvgIpc) is 3.65. The number of halogens is 1. The highest BCUT2D eigenvalue weighted by Gasteiger charge is 2.26. The van der Waals surface area contributed by atoms with E-state index in [4.69, 9.17) is 16.3 Å². The second kappa shape index (κ2) is 12.3. The molecular formula is C31H30ClN5O4S. The Bertz CT molecular complexity index is 1820. The third kappa shape index (κ3) is 5.47. The Morgan fingerprint density at radius 3 is 2.48 bits per heavy atom. The number of rotatable bonds is 10. The molecule has 0 aliphatic heterocycles. The first-order valence-electron chi connectivity index (χ1n) is 13.6. The number of thiophene rings is 1. The van der Waals surface area contributed by atoms with Gasteiger partial charge in [-0.1, -0.05) is 48.9 Å². The smallest absolute Gasteiger partial charge is 0.325 e. The fraction of sp³-hybridized carbons (Fsp3) is 0.258. The lowest BCUT2D eigenvalue weighted by molar-refractivity contribution is -0.143. The zero-order chi connectivity index (χ0) is 30.0. The number of fused-ring (bicyclic) bond motifs is 1. The quantitative estimate of drug-likeness (QED) is 0.159. The number of esters is 1. The van der Waals surface area contributed by atoms with Crippen LogP contribution in [-0.2, 0) is 29.0 Å². The summed E-state index contributed by atoms with van der Waals surface area (Å²) in [5.41, 5.74) is 2.78. The highest BCUT2D eigenvalue weighted by molar-refractivity contribution is 7.15. The Hall–Kier alpha value is -4.28. The summed E-state index contributed by atoms with van der Waals surface area (Å²) < 4.78 is 8.65. The Morgan fingerprint density at radius 1 is 1.00 bits per heavy atom. The van der Waals surface area contributed by atoms with Crippen LogP contribution in [0.3, 0.4) is 0 Å². The molecule has 0 saturated carbocycles. The van der Waals surface area contributed by atoms with Gasteiger partial charge in [-0.05, 0) is 57.0 Å². The fourth-order valence-corrected chi connectivity index (χ4v) is 6.40. The predicted octanol–water partition coefficient (Wildman–Crippen LogP) is 5.84. The summed E-state index contributed by atoms with van der Waals surface area (Å²) in [5, 5.41) is 13.5. The molecule has 0 aliphatic rings. The number of ketones is 1. The molecule has 0 unspecified atom stereocenters. The van der Waals surface area contributed by atoms with E-state index in [0.29, 0.717) is 38.5 Å². The van der Waals surface area contributed by atoms with Crippen LogP contribution in [0, 0.1) is 13.8 Å². The predicted molar refractivity (Wildman–Crippen MR) is 163 cm³/mol. The molecule has 3 aromatic heterocycles. The van der Waals surface area contributed by atoms with Crippen molar-refractivity contribution in [2.75, 3.05) is 6.61 Å². The highest BCUT2D eigenvalue weighted by Crippen LogP contribution is 2.32. The van der Waals surface area contributed by atoms with Crippen LogP contribution >= 0.6 is 22.9 Å². The number of carbonyl (C=O) groups is 3. The Labute approximate surface area is 252 Å². The number of hydrogen-bond acceptors (Lipinski definition) is 7. The van der Waals surface area contributed by atoms with Crippen molar-refractivity contribution in [2.45, 2.75) is 47.2 Å². The third-order valence-corrected chi connectivity index (χ3v) is 8.60. The molecule has 1 amide bonds. The van der Waals surface area contributed by atoms with Crippen LogP contribution in [0.4, 0.5) is 0 Å². The lowest BCUT2D eigenvalue weighted by Crippen LogP contribution is -2.29. The van der Waals surface area contributed by atoms with Crippen molar-refractivity contribution in [1.29, 1.82) is 0 Å². The molecule has 216 valence electrons. The van der Waals surface area contributed by atoms with Gasteiger partial charge in [-0.3, -0.25) is 19.0 Å². The second-order valence-electron chi connectivity index (χ2n) is 9.66. The number of aryl methyl sites for hydroxylation is 3. The molecule has 3 heterocycles. The molecule has 0 bridgehead atoms. The van der Waals surface area contributed by atoms with Gasteiger partial charge in [0.2, 0.25) is 0 Å². The molecule has 0 saturated heterocycles. The molecule has 0 radical (unpaired) electrons. The van der Waals surface area contributed by atoms with Gasteiger partial charge < -0.3 is 14.6 Å². The number of carbonyl (C=O) groups excluding carboxylic acids is 3. The minimum absolute atomic E-state index is 0.0408. The van der Waals surface area contributed by atoms with Gasteiger partial charge in [-0.15, -0.1) is 21.5 Å². The molecular weight excluding hydrogens is 574 g/mol. The average molecular weight is 604 g/mol. The summed E-state index contributed by atoms with van der Waals surface area (Å²) in [5.74, 6) is 0.0402. The first kappa shape index (κ1) is 29.2. The summed E-state index contributed by atoms with van der Waals surface area (Å²) in [6, 6.07) is 16.4. The van der Waals surface area contributed by atoms with Gasteiger partial charge in [0.15, 0.2) is 11.6 Å². The maximum Gasteiger partial charge on any atom is 0.325 e. The number of nitrogens with zero attached hydrogens (tertiary/aromatic N) is 4. The van der Waals surface area contributed by atoms with Crippen LogP contribution in [0.25, 0.3) is 15.9 Å². The van der Waals surface area contributed by atoms with Crippen molar-refractivity contribution in [3.05, 3.63) is 98.5 Å². The highest BCUT2D eigenvalue weighted by atomic mass is 35.5. The molecule has 1 N–H and O–H groups in total. The van der Waals surface area contributed by atoms with E-state index in [1.54, 1.807) is 47.2 Å². The van der Waals surface area contributed by atoms with Crippen LogP contribution in [0.5, 0.6) is 0 Å². The lowest BCUT2D eigenvalue weighted by Gasteiger charge is -2.13. The molecule has 0 aliphatic carbocycles. The van der Waals surface area contributed by atoms with Gasteiger partial charge >= 0.3 is 5.97 Å². The maximum atomic E-state index is 13.7. The first-order chi connectivity index (χ1) is 20.2. The van der Waals surface area contributed by atoms with Crippen molar-refractivity contribution in [2.24, 2.45) is 0 Å². The summed E-state index contributed by atoms with van der Waals surface area (Å²) in [4.78, 5) is 40.7. The molecule has 42 heavy (non-hydrogen) atoms. The van der Waals surface area contributed by atoms with E-state index >= 15 is 0 Å². The molecule has 0 spiro atoms. The van der Waals surface area contributed by atoms with E-state index < -0.39 is 5.97 Å².